The maximum Gasteiger partial charge on any atom is 0.251 e. The molecular weight excluding hydrogens is 336 g/mol. The van der Waals surface area contributed by atoms with E-state index in [9.17, 15) is 14.7 Å². The van der Waals surface area contributed by atoms with E-state index < -0.39 is 5.60 Å². The number of amides is 2. The van der Waals surface area contributed by atoms with Gasteiger partial charge >= 0.3 is 0 Å². The van der Waals surface area contributed by atoms with Gasteiger partial charge in [0.2, 0.25) is 5.91 Å². The Bertz CT molecular complexity index is 554. The molecule has 0 radical (unpaired) electrons. The monoisotopic (exact) mass is 354 g/mol. The second-order valence-electron chi connectivity index (χ2n) is 5.70. The molecule has 1 aromatic rings. The van der Waals surface area contributed by atoms with Crippen molar-refractivity contribution in [3.05, 3.63) is 34.3 Å². The first-order valence-corrected chi connectivity index (χ1v) is 7.65. The van der Waals surface area contributed by atoms with Crippen LogP contribution < -0.4 is 5.32 Å². The SMILES string of the molecule is CC(C)C1(O)CN(C(=O)CNC(=O)c2cccc(Br)c2)C1. The molecule has 0 atom stereocenters. The predicted molar refractivity (Wildman–Crippen MR) is 82.8 cm³/mol. The minimum absolute atomic E-state index is 0.0560. The van der Waals surface area contributed by atoms with Crippen LogP contribution in [0.2, 0.25) is 0 Å². The van der Waals surface area contributed by atoms with E-state index in [0.29, 0.717) is 18.7 Å². The highest BCUT2D eigenvalue weighted by molar-refractivity contribution is 9.10. The van der Waals surface area contributed by atoms with Crippen molar-refractivity contribution in [2.75, 3.05) is 19.6 Å². The highest BCUT2D eigenvalue weighted by Crippen LogP contribution is 2.28. The lowest BCUT2D eigenvalue weighted by atomic mass is 9.83. The third-order valence-corrected chi connectivity index (χ3v) is 4.34. The molecule has 1 saturated heterocycles. The Hall–Kier alpha value is -1.40. The second-order valence-corrected chi connectivity index (χ2v) is 6.62. The van der Waals surface area contributed by atoms with E-state index in [1.165, 1.54) is 0 Å². The van der Waals surface area contributed by atoms with E-state index in [4.69, 9.17) is 0 Å². The summed E-state index contributed by atoms with van der Waals surface area (Å²) in [5.74, 6) is -0.356. The van der Waals surface area contributed by atoms with Gasteiger partial charge in [0.1, 0.15) is 5.60 Å². The number of carbonyl (C=O) groups excluding carboxylic acids is 2. The first kappa shape index (κ1) is 16.0. The summed E-state index contributed by atoms with van der Waals surface area (Å²) in [7, 11) is 0. The standard InChI is InChI=1S/C15H19BrN2O3/c1-10(2)15(21)8-18(9-15)13(19)7-17-14(20)11-4-3-5-12(16)6-11/h3-6,10,21H,7-9H2,1-2H3,(H,17,20). The van der Waals surface area contributed by atoms with Crippen molar-refractivity contribution in [2.45, 2.75) is 19.4 Å². The fourth-order valence-electron chi connectivity index (χ4n) is 2.16. The summed E-state index contributed by atoms with van der Waals surface area (Å²) in [6.07, 6.45) is 0. The number of β-amino-alcohol motifs (C(OH)–C–C–N with tert-alkyl or cyclic N) is 1. The Morgan fingerprint density at radius 1 is 1.43 bits per heavy atom. The molecule has 0 aliphatic carbocycles. The number of halogens is 1. The molecule has 0 unspecified atom stereocenters. The first-order valence-electron chi connectivity index (χ1n) is 6.86. The molecule has 2 rings (SSSR count). The highest BCUT2D eigenvalue weighted by Gasteiger charge is 2.45. The van der Waals surface area contributed by atoms with Crippen molar-refractivity contribution in [1.29, 1.82) is 0 Å². The molecule has 1 heterocycles. The zero-order chi connectivity index (χ0) is 15.6. The van der Waals surface area contributed by atoms with E-state index in [1.807, 2.05) is 19.9 Å². The Labute approximate surface area is 132 Å². The van der Waals surface area contributed by atoms with Crippen LogP contribution >= 0.6 is 15.9 Å². The molecule has 21 heavy (non-hydrogen) atoms. The van der Waals surface area contributed by atoms with Gasteiger partial charge in [0.05, 0.1) is 19.6 Å². The van der Waals surface area contributed by atoms with Crippen molar-refractivity contribution < 1.29 is 14.7 Å². The Morgan fingerprint density at radius 3 is 2.67 bits per heavy atom. The summed E-state index contributed by atoms with van der Waals surface area (Å²) in [5, 5.41) is 12.7. The molecule has 0 spiro atoms. The summed E-state index contributed by atoms with van der Waals surface area (Å²) in [6.45, 7) is 4.46. The minimum Gasteiger partial charge on any atom is -0.386 e. The van der Waals surface area contributed by atoms with Crippen molar-refractivity contribution in [2.24, 2.45) is 5.92 Å². The largest absolute Gasteiger partial charge is 0.386 e. The molecule has 114 valence electrons. The molecule has 0 aromatic heterocycles. The van der Waals surface area contributed by atoms with Crippen molar-refractivity contribution >= 4 is 27.7 Å². The number of hydrogen-bond acceptors (Lipinski definition) is 3. The molecule has 2 amide bonds. The van der Waals surface area contributed by atoms with Gasteiger partial charge in [0, 0.05) is 10.0 Å². The lowest BCUT2D eigenvalue weighted by molar-refractivity contribution is -0.162. The zero-order valence-electron chi connectivity index (χ0n) is 12.1. The number of benzene rings is 1. The van der Waals surface area contributed by atoms with E-state index in [0.717, 1.165) is 4.47 Å². The third-order valence-electron chi connectivity index (χ3n) is 3.84. The summed E-state index contributed by atoms with van der Waals surface area (Å²) >= 11 is 3.30. The second kappa shape index (κ2) is 6.15. The smallest absolute Gasteiger partial charge is 0.251 e. The van der Waals surface area contributed by atoms with Gasteiger partial charge in [-0.25, -0.2) is 0 Å². The predicted octanol–water partition coefficient (Wildman–Crippen LogP) is 1.41. The fraction of sp³-hybridized carbons (Fsp3) is 0.467. The third kappa shape index (κ3) is 3.63. The van der Waals surface area contributed by atoms with Crippen LogP contribution in [0.15, 0.2) is 28.7 Å². The average molecular weight is 355 g/mol. The van der Waals surface area contributed by atoms with Gasteiger partial charge in [-0.2, -0.15) is 0 Å². The van der Waals surface area contributed by atoms with E-state index in [1.54, 1.807) is 23.1 Å². The van der Waals surface area contributed by atoms with E-state index >= 15 is 0 Å². The average Bonchev–Trinajstić information content (AvgIpc) is 2.40. The van der Waals surface area contributed by atoms with Gasteiger partial charge in [-0.3, -0.25) is 9.59 Å². The summed E-state index contributed by atoms with van der Waals surface area (Å²) in [6, 6.07) is 6.97. The number of hydrogen-bond donors (Lipinski definition) is 2. The number of likely N-dealkylation sites (tertiary alicyclic amines) is 1. The number of carbonyl (C=O) groups is 2. The normalized spacial score (nSPS) is 16.5. The highest BCUT2D eigenvalue weighted by atomic mass is 79.9. The van der Waals surface area contributed by atoms with Crippen LogP contribution in [0, 0.1) is 5.92 Å². The molecule has 1 fully saturated rings. The van der Waals surface area contributed by atoms with Gasteiger partial charge in [-0.1, -0.05) is 35.8 Å². The molecule has 0 bridgehead atoms. The fourth-order valence-corrected chi connectivity index (χ4v) is 2.55. The Morgan fingerprint density at radius 2 is 2.10 bits per heavy atom. The molecule has 1 aliphatic heterocycles. The maximum absolute atomic E-state index is 11.9. The Kier molecular flexibility index (Phi) is 4.68. The maximum atomic E-state index is 11.9. The van der Waals surface area contributed by atoms with Crippen LogP contribution in [-0.4, -0.2) is 47.1 Å². The van der Waals surface area contributed by atoms with Crippen LogP contribution in [0.5, 0.6) is 0 Å². The van der Waals surface area contributed by atoms with Gasteiger partial charge < -0.3 is 15.3 Å². The van der Waals surface area contributed by atoms with Crippen LogP contribution in [0.3, 0.4) is 0 Å². The number of nitrogens with one attached hydrogen (secondary N) is 1. The zero-order valence-corrected chi connectivity index (χ0v) is 13.7. The molecule has 0 saturated carbocycles. The first-order chi connectivity index (χ1) is 9.82. The summed E-state index contributed by atoms with van der Waals surface area (Å²) < 4.78 is 0.811. The van der Waals surface area contributed by atoms with Crippen molar-refractivity contribution in [3.63, 3.8) is 0 Å². The van der Waals surface area contributed by atoms with Crippen LogP contribution in [0.1, 0.15) is 24.2 Å². The number of rotatable bonds is 4. The van der Waals surface area contributed by atoms with Crippen LogP contribution in [0.4, 0.5) is 0 Å². The molecule has 2 N–H and O–H groups in total. The van der Waals surface area contributed by atoms with E-state index in [2.05, 4.69) is 21.2 Å². The quantitative estimate of drug-likeness (QED) is 0.858. The molecular formula is C15H19BrN2O3. The van der Waals surface area contributed by atoms with Crippen molar-refractivity contribution in [1.82, 2.24) is 10.2 Å². The van der Waals surface area contributed by atoms with Gasteiger partial charge in [-0.05, 0) is 24.1 Å². The molecule has 1 aromatic carbocycles. The lowest BCUT2D eigenvalue weighted by Gasteiger charge is -2.49. The summed E-state index contributed by atoms with van der Waals surface area (Å²) in [5.41, 5.74) is -0.288. The molecule has 1 aliphatic rings. The molecule has 5 nitrogen and oxygen atoms in total. The van der Waals surface area contributed by atoms with Crippen LogP contribution in [-0.2, 0) is 4.79 Å². The van der Waals surface area contributed by atoms with Crippen LogP contribution in [0.25, 0.3) is 0 Å². The van der Waals surface area contributed by atoms with Gasteiger partial charge in [0.25, 0.3) is 5.91 Å². The number of nitrogens with zero attached hydrogens (tertiary/aromatic N) is 1. The van der Waals surface area contributed by atoms with Gasteiger partial charge in [0.15, 0.2) is 0 Å². The molecule has 6 heteroatoms. The summed E-state index contributed by atoms with van der Waals surface area (Å²) in [4.78, 5) is 25.4. The van der Waals surface area contributed by atoms with Gasteiger partial charge in [-0.15, -0.1) is 0 Å². The van der Waals surface area contributed by atoms with Crippen molar-refractivity contribution in [3.8, 4) is 0 Å². The van der Waals surface area contributed by atoms with E-state index in [-0.39, 0.29) is 24.3 Å². The lowest BCUT2D eigenvalue weighted by Crippen LogP contribution is -2.67. The Balaban J connectivity index is 1.82. The minimum atomic E-state index is -0.788. The number of aliphatic hydroxyl groups is 1. The topological polar surface area (TPSA) is 69.6 Å².